The molecular formula is C12H7BrN2S. The van der Waals surface area contributed by atoms with E-state index in [9.17, 15) is 0 Å². The highest BCUT2D eigenvalue weighted by Crippen LogP contribution is 2.33. The summed E-state index contributed by atoms with van der Waals surface area (Å²) in [7, 11) is 0. The Morgan fingerprint density at radius 2 is 2.00 bits per heavy atom. The third kappa shape index (κ3) is 2.43. The number of aromatic nitrogens is 1. The van der Waals surface area contributed by atoms with Gasteiger partial charge in [-0.05, 0) is 40.2 Å². The van der Waals surface area contributed by atoms with Crippen molar-refractivity contribution in [1.29, 1.82) is 5.26 Å². The summed E-state index contributed by atoms with van der Waals surface area (Å²) in [5.41, 5.74) is 0.600. The minimum absolute atomic E-state index is 0.600. The first-order valence-electron chi connectivity index (χ1n) is 4.59. The molecule has 2 rings (SSSR count). The predicted octanol–water partition coefficient (Wildman–Crippen LogP) is 3.87. The van der Waals surface area contributed by atoms with Crippen LogP contribution in [-0.4, -0.2) is 4.98 Å². The lowest BCUT2D eigenvalue weighted by Gasteiger charge is -2.04. The summed E-state index contributed by atoms with van der Waals surface area (Å²) < 4.78 is 1.01. The largest absolute Gasteiger partial charge is 0.248 e. The Kier molecular flexibility index (Phi) is 3.60. The molecule has 0 N–H and O–H groups in total. The van der Waals surface area contributed by atoms with E-state index < -0.39 is 0 Å². The van der Waals surface area contributed by atoms with Crippen LogP contribution in [0.4, 0.5) is 0 Å². The number of halogens is 1. The second-order valence-corrected chi connectivity index (χ2v) is 4.89. The number of pyridine rings is 1. The zero-order valence-corrected chi connectivity index (χ0v) is 10.6. The third-order valence-corrected chi connectivity index (χ3v) is 3.98. The zero-order chi connectivity index (χ0) is 11.4. The molecule has 16 heavy (non-hydrogen) atoms. The van der Waals surface area contributed by atoms with E-state index in [2.05, 4.69) is 27.0 Å². The Labute approximate surface area is 106 Å². The maximum atomic E-state index is 8.95. The van der Waals surface area contributed by atoms with Crippen molar-refractivity contribution in [2.24, 2.45) is 0 Å². The number of nitrogens with zero attached hydrogens (tertiary/aromatic N) is 2. The smallest absolute Gasteiger partial charge is 0.119 e. The molecule has 0 saturated carbocycles. The molecular weight excluding hydrogens is 284 g/mol. The number of benzene rings is 1. The second kappa shape index (κ2) is 5.15. The van der Waals surface area contributed by atoms with Crippen molar-refractivity contribution in [3.63, 3.8) is 0 Å². The SMILES string of the molecule is N#Cc1cccnc1Sc1ccccc1Br. The number of rotatable bonds is 2. The Morgan fingerprint density at radius 3 is 2.75 bits per heavy atom. The molecule has 0 spiro atoms. The van der Waals surface area contributed by atoms with Gasteiger partial charge in [0.05, 0.1) is 5.56 Å². The average molecular weight is 291 g/mol. The van der Waals surface area contributed by atoms with Crippen LogP contribution in [-0.2, 0) is 0 Å². The minimum atomic E-state index is 0.600. The van der Waals surface area contributed by atoms with E-state index in [4.69, 9.17) is 5.26 Å². The quantitative estimate of drug-likeness (QED) is 0.842. The van der Waals surface area contributed by atoms with Gasteiger partial charge in [0.15, 0.2) is 0 Å². The molecule has 0 radical (unpaired) electrons. The summed E-state index contributed by atoms with van der Waals surface area (Å²) in [6.45, 7) is 0. The molecule has 0 saturated heterocycles. The fourth-order valence-corrected chi connectivity index (χ4v) is 2.57. The van der Waals surface area contributed by atoms with E-state index >= 15 is 0 Å². The number of hydrogen-bond acceptors (Lipinski definition) is 3. The summed E-state index contributed by atoms with van der Waals surface area (Å²) >= 11 is 4.95. The molecule has 4 heteroatoms. The lowest BCUT2D eigenvalue weighted by Crippen LogP contribution is -1.85. The van der Waals surface area contributed by atoms with Gasteiger partial charge in [0.1, 0.15) is 11.1 Å². The average Bonchev–Trinajstić information content (AvgIpc) is 2.33. The third-order valence-electron chi connectivity index (χ3n) is 1.93. The maximum absolute atomic E-state index is 8.95. The first-order chi connectivity index (χ1) is 7.81. The van der Waals surface area contributed by atoms with Gasteiger partial charge in [-0.3, -0.25) is 0 Å². The summed E-state index contributed by atoms with van der Waals surface area (Å²) in [6.07, 6.45) is 1.69. The van der Waals surface area contributed by atoms with E-state index in [-0.39, 0.29) is 0 Å². The van der Waals surface area contributed by atoms with Crippen LogP contribution in [0, 0.1) is 11.3 Å². The zero-order valence-electron chi connectivity index (χ0n) is 8.22. The highest BCUT2D eigenvalue weighted by atomic mass is 79.9. The van der Waals surface area contributed by atoms with Crippen LogP contribution in [0.3, 0.4) is 0 Å². The van der Waals surface area contributed by atoms with Crippen molar-refractivity contribution >= 4 is 27.7 Å². The summed E-state index contributed by atoms with van der Waals surface area (Å²) in [6, 6.07) is 13.5. The van der Waals surface area contributed by atoms with Crippen LogP contribution >= 0.6 is 27.7 Å². The molecule has 0 aliphatic heterocycles. The first-order valence-corrected chi connectivity index (χ1v) is 6.19. The topological polar surface area (TPSA) is 36.7 Å². The summed E-state index contributed by atoms with van der Waals surface area (Å²) in [4.78, 5) is 5.26. The van der Waals surface area contributed by atoms with Gasteiger partial charge in [0.25, 0.3) is 0 Å². The van der Waals surface area contributed by atoms with Gasteiger partial charge in [-0.2, -0.15) is 5.26 Å². The molecule has 1 aromatic heterocycles. The van der Waals surface area contributed by atoms with Crippen molar-refractivity contribution in [3.05, 3.63) is 52.6 Å². The van der Waals surface area contributed by atoms with Crippen molar-refractivity contribution in [1.82, 2.24) is 4.98 Å². The van der Waals surface area contributed by atoms with Crippen molar-refractivity contribution < 1.29 is 0 Å². The van der Waals surface area contributed by atoms with Gasteiger partial charge in [0.2, 0.25) is 0 Å². The molecule has 0 unspecified atom stereocenters. The molecule has 0 bridgehead atoms. The van der Waals surface area contributed by atoms with Crippen molar-refractivity contribution in [3.8, 4) is 6.07 Å². The Hall–Kier alpha value is -1.31. The Bertz CT molecular complexity index is 549. The lowest BCUT2D eigenvalue weighted by atomic mass is 10.3. The number of hydrogen-bond donors (Lipinski definition) is 0. The molecule has 1 aromatic carbocycles. The fourth-order valence-electron chi connectivity index (χ4n) is 1.19. The van der Waals surface area contributed by atoms with Crippen LogP contribution in [0.5, 0.6) is 0 Å². The van der Waals surface area contributed by atoms with Crippen molar-refractivity contribution in [2.75, 3.05) is 0 Å². The number of nitriles is 1. The van der Waals surface area contributed by atoms with Crippen LogP contribution in [0.2, 0.25) is 0 Å². The molecule has 2 nitrogen and oxygen atoms in total. The van der Waals surface area contributed by atoms with Gasteiger partial charge >= 0.3 is 0 Å². The highest BCUT2D eigenvalue weighted by molar-refractivity contribution is 9.10. The van der Waals surface area contributed by atoms with Gasteiger partial charge in [-0.15, -0.1) is 0 Å². The minimum Gasteiger partial charge on any atom is -0.248 e. The van der Waals surface area contributed by atoms with E-state index in [1.807, 2.05) is 24.3 Å². The maximum Gasteiger partial charge on any atom is 0.119 e. The molecule has 0 aliphatic rings. The monoisotopic (exact) mass is 290 g/mol. The molecule has 0 aliphatic carbocycles. The van der Waals surface area contributed by atoms with Gasteiger partial charge in [-0.25, -0.2) is 4.98 Å². The van der Waals surface area contributed by atoms with Gasteiger partial charge in [-0.1, -0.05) is 23.9 Å². The second-order valence-electron chi connectivity index (χ2n) is 3.00. The fraction of sp³-hybridized carbons (Fsp3) is 0. The molecule has 78 valence electrons. The van der Waals surface area contributed by atoms with E-state index in [1.165, 1.54) is 11.8 Å². The van der Waals surface area contributed by atoms with Gasteiger partial charge in [0, 0.05) is 15.6 Å². The first kappa shape index (κ1) is 11.2. The normalized spacial score (nSPS) is 9.75. The van der Waals surface area contributed by atoms with E-state index in [0.717, 1.165) is 14.4 Å². The van der Waals surface area contributed by atoms with Crippen LogP contribution in [0.1, 0.15) is 5.56 Å². The van der Waals surface area contributed by atoms with E-state index in [1.54, 1.807) is 18.3 Å². The predicted molar refractivity (Wildman–Crippen MR) is 67.2 cm³/mol. The highest BCUT2D eigenvalue weighted by Gasteiger charge is 2.06. The van der Waals surface area contributed by atoms with Crippen molar-refractivity contribution in [2.45, 2.75) is 9.92 Å². The Balaban J connectivity index is 2.35. The Morgan fingerprint density at radius 1 is 1.19 bits per heavy atom. The van der Waals surface area contributed by atoms with Gasteiger partial charge < -0.3 is 0 Å². The molecule has 0 amide bonds. The van der Waals surface area contributed by atoms with E-state index in [0.29, 0.717) is 5.56 Å². The summed E-state index contributed by atoms with van der Waals surface area (Å²) in [5, 5.41) is 9.68. The van der Waals surface area contributed by atoms with Crippen LogP contribution in [0.25, 0.3) is 0 Å². The van der Waals surface area contributed by atoms with Crippen LogP contribution in [0.15, 0.2) is 57.0 Å². The van der Waals surface area contributed by atoms with Crippen LogP contribution < -0.4 is 0 Å². The molecule has 1 heterocycles. The molecule has 0 atom stereocenters. The molecule has 2 aromatic rings. The molecule has 0 fully saturated rings. The standard InChI is InChI=1S/C12H7BrN2S/c13-10-5-1-2-6-11(10)16-12-9(8-14)4-3-7-15-12/h1-7H. The summed E-state index contributed by atoms with van der Waals surface area (Å²) in [5.74, 6) is 0. The lowest BCUT2D eigenvalue weighted by molar-refractivity contribution is 1.11.